The molecule has 4 rings (SSSR count). The highest BCUT2D eigenvalue weighted by molar-refractivity contribution is 8.01. The summed E-state index contributed by atoms with van der Waals surface area (Å²) >= 11 is 3.52. The number of carbonyl (C=O) groups is 5. The highest BCUT2D eigenvalue weighted by atomic mass is 32.2. The lowest BCUT2D eigenvalue weighted by atomic mass is 10.0. The summed E-state index contributed by atoms with van der Waals surface area (Å²) in [6.07, 6.45) is 3.17. The summed E-state index contributed by atoms with van der Waals surface area (Å²) in [5.74, 6) is -5.99. The lowest BCUT2D eigenvalue weighted by molar-refractivity contribution is -0.686. The van der Waals surface area contributed by atoms with Gasteiger partial charge in [-0.15, -0.1) is 34.9 Å². The Bertz CT molecular complexity index is 1500. The minimum atomic E-state index is -1.54. The van der Waals surface area contributed by atoms with Crippen molar-refractivity contribution in [1.29, 1.82) is 0 Å². The Morgan fingerprint density at radius 3 is 2.61 bits per heavy atom. The van der Waals surface area contributed by atoms with Gasteiger partial charge in [-0.1, -0.05) is 5.16 Å². The first-order valence-corrected chi connectivity index (χ1v) is 14.3. The Morgan fingerprint density at radius 1 is 1.32 bits per heavy atom. The normalized spacial score (nSPS) is 18.3. The standard InChI is InChI=1S/C23H20N6O9S3/c1-10(21(34)35)38-27-15(13-9-41-23(24)25-13)18(32)26-16-19(33)29-17(22(36)37)11(8-40-20(16)29)7-39-12-2-4-28(5-3-12)6-14(30)31/h2-5,9,16,20H,1,6-8H2,(H5-,24,25,26,30,31,32,34,35,36,37)/b27-15+/t16?,20-/m1/s1. The van der Waals surface area contributed by atoms with Gasteiger partial charge in [-0.3, -0.25) is 14.5 Å². The van der Waals surface area contributed by atoms with E-state index in [0.29, 0.717) is 5.57 Å². The molecule has 41 heavy (non-hydrogen) atoms. The third-order valence-electron chi connectivity index (χ3n) is 5.58. The van der Waals surface area contributed by atoms with Gasteiger partial charge >= 0.3 is 11.9 Å². The fourth-order valence-corrected chi connectivity index (χ4v) is 6.62. The van der Waals surface area contributed by atoms with Crippen molar-refractivity contribution < 1.29 is 48.7 Å². The number of nitrogens with one attached hydrogen (secondary N) is 1. The van der Waals surface area contributed by atoms with Crippen molar-refractivity contribution in [3.05, 3.63) is 59.2 Å². The molecule has 1 fully saturated rings. The summed E-state index contributed by atoms with van der Waals surface area (Å²) < 4.78 is 1.47. The Balaban J connectivity index is 1.47. The van der Waals surface area contributed by atoms with Crippen molar-refractivity contribution in [3.8, 4) is 0 Å². The van der Waals surface area contributed by atoms with Crippen LogP contribution in [0.2, 0.25) is 0 Å². The third-order valence-corrected chi connectivity index (χ3v) is 8.70. The summed E-state index contributed by atoms with van der Waals surface area (Å²) in [6.45, 7) is 2.96. The molecule has 0 saturated carbocycles. The second-order valence-corrected chi connectivity index (χ2v) is 11.4. The van der Waals surface area contributed by atoms with Crippen LogP contribution in [0.1, 0.15) is 5.69 Å². The quantitative estimate of drug-likeness (QED) is 0.0408. The Morgan fingerprint density at radius 2 is 2.02 bits per heavy atom. The Hall–Kier alpha value is -4.42. The van der Waals surface area contributed by atoms with Crippen LogP contribution in [0.25, 0.3) is 0 Å². The minimum absolute atomic E-state index is 0.0351. The number of nitrogen functional groups attached to an aromatic ring is 1. The first-order chi connectivity index (χ1) is 19.5. The predicted octanol–water partition coefficient (Wildman–Crippen LogP) is -1.39. The summed E-state index contributed by atoms with van der Waals surface area (Å²) in [4.78, 5) is 70.4. The highest BCUT2D eigenvalue weighted by Crippen LogP contribution is 2.41. The van der Waals surface area contributed by atoms with E-state index in [2.05, 4.69) is 22.0 Å². The van der Waals surface area contributed by atoms with Gasteiger partial charge in [-0.05, 0) is 12.2 Å². The fraction of sp³-hybridized carbons (Fsp3) is 0.217. The highest BCUT2D eigenvalue weighted by Gasteiger charge is 2.53. The molecule has 0 bridgehead atoms. The molecule has 0 spiro atoms. The van der Waals surface area contributed by atoms with Crippen molar-refractivity contribution in [2.75, 3.05) is 17.2 Å². The second-order valence-electron chi connectivity index (χ2n) is 8.32. The lowest BCUT2D eigenvalue weighted by Gasteiger charge is -2.50. The molecule has 2 atom stereocenters. The number of thioether (sulfide) groups is 2. The monoisotopic (exact) mass is 620 g/mol. The molecule has 1 saturated heterocycles. The van der Waals surface area contributed by atoms with Crippen LogP contribution in [0.4, 0.5) is 5.13 Å². The molecular formula is C23H20N6O9S3. The summed E-state index contributed by atoms with van der Waals surface area (Å²) in [5.41, 5.74) is 5.28. The lowest BCUT2D eigenvalue weighted by Crippen LogP contribution is -2.71. The van der Waals surface area contributed by atoms with E-state index >= 15 is 0 Å². The zero-order valence-electron chi connectivity index (χ0n) is 20.7. The first kappa shape index (κ1) is 29.6. The number of carboxylic acid groups (broad SMARTS) is 3. The minimum Gasteiger partial charge on any atom is -0.543 e. The fourth-order valence-electron chi connectivity index (χ4n) is 3.70. The molecule has 18 heteroatoms. The maximum Gasteiger partial charge on any atom is 0.374 e. The van der Waals surface area contributed by atoms with Gasteiger partial charge in [0.05, 0.1) is 11.7 Å². The molecule has 2 amide bonds. The molecule has 0 aliphatic carbocycles. The van der Waals surface area contributed by atoms with Crippen LogP contribution >= 0.6 is 34.9 Å². The van der Waals surface area contributed by atoms with Gasteiger partial charge in [-0.2, -0.15) is 4.57 Å². The van der Waals surface area contributed by atoms with E-state index in [4.69, 9.17) is 20.8 Å². The van der Waals surface area contributed by atoms with Crippen molar-refractivity contribution in [2.45, 2.75) is 22.9 Å². The van der Waals surface area contributed by atoms with E-state index in [1.165, 1.54) is 33.5 Å². The number of pyridine rings is 1. The maximum absolute atomic E-state index is 13.0. The Kier molecular flexibility index (Phi) is 8.94. The number of aromatic nitrogens is 2. The van der Waals surface area contributed by atoms with E-state index in [9.17, 15) is 29.1 Å². The number of hydrogen-bond acceptors (Lipinski definition) is 13. The van der Waals surface area contributed by atoms with Crippen LogP contribution < -0.4 is 20.7 Å². The van der Waals surface area contributed by atoms with Crippen molar-refractivity contribution >= 4 is 75.4 Å². The molecule has 1 unspecified atom stereocenters. The molecule has 214 valence electrons. The van der Waals surface area contributed by atoms with Gasteiger partial charge in [0, 0.05) is 33.9 Å². The van der Waals surface area contributed by atoms with Crippen LogP contribution in [0.3, 0.4) is 0 Å². The molecule has 0 radical (unpaired) electrons. The summed E-state index contributed by atoms with van der Waals surface area (Å²) in [5, 5.41) is 36.6. The van der Waals surface area contributed by atoms with Gasteiger partial charge in [0.1, 0.15) is 17.1 Å². The number of anilines is 1. The number of amides is 2. The van der Waals surface area contributed by atoms with E-state index in [0.717, 1.165) is 21.1 Å². The number of oxime groups is 1. The maximum atomic E-state index is 13.0. The van der Waals surface area contributed by atoms with E-state index in [-0.39, 0.29) is 34.6 Å². The van der Waals surface area contributed by atoms with Crippen molar-refractivity contribution in [3.63, 3.8) is 0 Å². The number of nitrogens with two attached hydrogens (primary N) is 1. The van der Waals surface area contributed by atoms with Crippen LogP contribution in [-0.2, 0) is 35.4 Å². The molecule has 15 nitrogen and oxygen atoms in total. The Labute approximate surface area is 243 Å². The molecule has 4 heterocycles. The molecule has 2 aromatic rings. The molecule has 2 aliphatic heterocycles. The van der Waals surface area contributed by atoms with E-state index in [1.54, 1.807) is 24.5 Å². The van der Waals surface area contributed by atoms with E-state index < -0.39 is 52.6 Å². The second kappa shape index (κ2) is 12.4. The van der Waals surface area contributed by atoms with Gasteiger partial charge in [-0.25, -0.2) is 14.6 Å². The number of carbonyl (C=O) groups excluding carboxylic acids is 3. The van der Waals surface area contributed by atoms with Gasteiger partial charge in [0.2, 0.25) is 12.3 Å². The number of aliphatic carboxylic acids is 3. The molecule has 2 aromatic heterocycles. The molecule has 0 aromatic carbocycles. The molecule has 2 aliphatic rings. The predicted molar refractivity (Wildman–Crippen MR) is 143 cm³/mol. The van der Waals surface area contributed by atoms with E-state index in [1.807, 2.05) is 0 Å². The number of β-lactam (4-membered cyclic amide) rings is 1. The topological polar surface area (TPSA) is 229 Å². The number of hydrogen-bond donors (Lipinski definition) is 4. The SMILES string of the molecule is C=C(O/N=C(/C(=O)NC1C(=O)N2C(C(=O)[O-])=C(CSc3cc[n+](CC(=O)O)cc3)CS[C@H]12)c1csc(N)n1)C(=O)O. The average molecular weight is 621 g/mol. The third kappa shape index (κ3) is 6.67. The van der Waals surface area contributed by atoms with Crippen molar-refractivity contribution in [2.24, 2.45) is 5.16 Å². The smallest absolute Gasteiger partial charge is 0.374 e. The molecular weight excluding hydrogens is 600 g/mol. The number of carboxylic acids is 3. The first-order valence-electron chi connectivity index (χ1n) is 11.4. The molecule has 5 N–H and O–H groups in total. The summed E-state index contributed by atoms with van der Waals surface area (Å²) in [6, 6.07) is 2.26. The van der Waals surface area contributed by atoms with Crippen LogP contribution in [0.15, 0.2) is 63.6 Å². The van der Waals surface area contributed by atoms with Gasteiger partial charge in [0.15, 0.2) is 23.2 Å². The number of fused-ring (bicyclic) bond motifs is 1. The van der Waals surface area contributed by atoms with Crippen LogP contribution in [0.5, 0.6) is 0 Å². The zero-order valence-corrected chi connectivity index (χ0v) is 23.2. The number of nitrogens with zero attached hydrogens (tertiary/aromatic N) is 4. The van der Waals surface area contributed by atoms with Crippen LogP contribution in [-0.4, -0.2) is 78.5 Å². The van der Waals surface area contributed by atoms with Crippen molar-refractivity contribution in [1.82, 2.24) is 15.2 Å². The number of thiazole rings is 1. The largest absolute Gasteiger partial charge is 0.543 e. The summed E-state index contributed by atoms with van der Waals surface area (Å²) in [7, 11) is 0. The van der Waals surface area contributed by atoms with Crippen LogP contribution in [0, 0.1) is 0 Å². The van der Waals surface area contributed by atoms with Gasteiger partial charge < -0.3 is 36.0 Å². The zero-order chi connectivity index (χ0) is 29.8. The average Bonchev–Trinajstić information content (AvgIpc) is 3.35. The number of rotatable bonds is 12. The van der Waals surface area contributed by atoms with Gasteiger partial charge in [0.25, 0.3) is 11.8 Å².